The number of fused-ring (bicyclic) bond motifs is 1. The molecule has 2 aromatic heterocycles. The molecule has 172 valence electrons. The van der Waals surface area contributed by atoms with E-state index in [2.05, 4.69) is 11.9 Å². The molecule has 8 heteroatoms. The zero-order chi connectivity index (χ0) is 23.1. The highest BCUT2D eigenvalue weighted by Crippen LogP contribution is 2.39. The number of pyridine rings is 1. The van der Waals surface area contributed by atoms with Crippen LogP contribution in [0.25, 0.3) is 22.0 Å². The number of sulfone groups is 1. The Kier molecular flexibility index (Phi) is 5.94. The molecule has 2 heterocycles. The molecule has 7 nitrogen and oxygen atoms in total. The Hall–Kier alpha value is -2.58. The third kappa shape index (κ3) is 4.09. The van der Waals surface area contributed by atoms with Crippen LogP contribution in [-0.4, -0.2) is 42.5 Å². The number of aromatic amines is 1. The molecule has 0 amide bonds. The van der Waals surface area contributed by atoms with E-state index >= 15 is 0 Å². The summed E-state index contributed by atoms with van der Waals surface area (Å²) in [5.74, 6) is 0.629. The first-order valence-corrected chi connectivity index (χ1v) is 12.6. The number of benzene rings is 1. The van der Waals surface area contributed by atoms with Crippen molar-refractivity contribution in [3.63, 3.8) is 0 Å². The van der Waals surface area contributed by atoms with Crippen LogP contribution in [0.5, 0.6) is 5.75 Å². The van der Waals surface area contributed by atoms with Crippen molar-refractivity contribution in [1.82, 2.24) is 9.55 Å². The van der Waals surface area contributed by atoms with E-state index in [9.17, 15) is 13.2 Å². The second-order valence-corrected chi connectivity index (χ2v) is 11.0. The lowest BCUT2D eigenvalue weighted by atomic mass is 9.84. The molecule has 4 rings (SSSR count). The minimum absolute atomic E-state index is 0.0116. The van der Waals surface area contributed by atoms with Gasteiger partial charge in [-0.05, 0) is 56.9 Å². The summed E-state index contributed by atoms with van der Waals surface area (Å²) in [7, 11) is 0.0266. The second kappa shape index (κ2) is 8.41. The van der Waals surface area contributed by atoms with E-state index in [0.29, 0.717) is 16.8 Å². The molecule has 1 aliphatic carbocycles. The third-order valence-electron chi connectivity index (χ3n) is 6.65. The maximum atomic E-state index is 12.6. The largest absolute Gasteiger partial charge is 0.490 e. The smallest absolute Gasteiger partial charge is 0.274 e. The van der Waals surface area contributed by atoms with Crippen LogP contribution in [-0.2, 0) is 21.6 Å². The Balaban J connectivity index is 1.82. The van der Waals surface area contributed by atoms with Crippen LogP contribution in [0.4, 0.5) is 0 Å². The van der Waals surface area contributed by atoms with E-state index in [4.69, 9.17) is 9.47 Å². The van der Waals surface area contributed by atoms with Crippen LogP contribution in [0.15, 0.2) is 46.3 Å². The number of hydrogen-bond donors (Lipinski definition) is 1. The Morgan fingerprint density at radius 1 is 1.19 bits per heavy atom. The highest BCUT2D eigenvalue weighted by molar-refractivity contribution is 7.91. The Morgan fingerprint density at radius 2 is 1.91 bits per heavy atom. The standard InChI is InChI=1S/C24H30N2O5S/c1-5-32(28,29)17-6-7-21(31-16-8-11-24(2,30-4)12-9-16)19(14-17)20-15-26(3)23(27)22-18(20)10-13-25-22/h6-7,10,13-16,25H,5,8-9,11-12H2,1-4H3/t16-,24+. The fraction of sp³-hybridized carbons (Fsp3) is 0.458. The van der Waals surface area contributed by atoms with Gasteiger partial charge in [-0.25, -0.2) is 8.42 Å². The van der Waals surface area contributed by atoms with Crippen molar-refractivity contribution >= 4 is 20.7 Å². The first-order chi connectivity index (χ1) is 15.2. The lowest BCUT2D eigenvalue weighted by molar-refractivity contribution is -0.0456. The minimum Gasteiger partial charge on any atom is -0.490 e. The zero-order valence-electron chi connectivity index (χ0n) is 19.0. The topological polar surface area (TPSA) is 90.4 Å². The van der Waals surface area contributed by atoms with Gasteiger partial charge in [0.1, 0.15) is 11.3 Å². The van der Waals surface area contributed by atoms with Crippen LogP contribution in [0.2, 0.25) is 0 Å². The van der Waals surface area contributed by atoms with Gasteiger partial charge < -0.3 is 19.0 Å². The summed E-state index contributed by atoms with van der Waals surface area (Å²) in [6.45, 7) is 3.75. The molecule has 1 saturated carbocycles. The Morgan fingerprint density at radius 3 is 2.56 bits per heavy atom. The normalized spacial score (nSPS) is 21.7. The number of hydrogen-bond acceptors (Lipinski definition) is 5. The SMILES string of the molecule is CCS(=O)(=O)c1ccc(O[C@H]2CC[C@@](C)(OC)CC2)c(-c2cn(C)c(=O)c3[nH]ccc23)c1. The van der Waals surface area contributed by atoms with E-state index in [1.807, 2.05) is 6.07 Å². The first-order valence-electron chi connectivity index (χ1n) is 10.9. The Labute approximate surface area is 188 Å². The molecule has 0 saturated heterocycles. The number of nitrogens with zero attached hydrogens (tertiary/aromatic N) is 1. The minimum atomic E-state index is -3.40. The maximum absolute atomic E-state index is 12.6. The second-order valence-electron chi connectivity index (χ2n) is 8.76. The highest BCUT2D eigenvalue weighted by Gasteiger charge is 2.32. The van der Waals surface area contributed by atoms with Crippen molar-refractivity contribution in [3.05, 3.63) is 47.0 Å². The summed E-state index contributed by atoms with van der Waals surface area (Å²) < 4.78 is 38.8. The first kappa shape index (κ1) is 22.6. The number of aromatic nitrogens is 2. The van der Waals surface area contributed by atoms with Crippen LogP contribution < -0.4 is 10.3 Å². The van der Waals surface area contributed by atoms with Crippen LogP contribution in [0.1, 0.15) is 39.5 Å². The van der Waals surface area contributed by atoms with Gasteiger partial charge in [0.05, 0.1) is 22.4 Å². The van der Waals surface area contributed by atoms with Gasteiger partial charge >= 0.3 is 0 Å². The van der Waals surface area contributed by atoms with E-state index in [-0.39, 0.29) is 27.9 Å². The number of nitrogens with one attached hydrogen (secondary N) is 1. The lowest BCUT2D eigenvalue weighted by Crippen LogP contribution is -2.36. The average Bonchev–Trinajstić information content (AvgIpc) is 3.28. The van der Waals surface area contributed by atoms with Crippen LogP contribution >= 0.6 is 0 Å². The molecule has 1 aliphatic rings. The van der Waals surface area contributed by atoms with Crippen molar-refractivity contribution < 1.29 is 17.9 Å². The fourth-order valence-electron chi connectivity index (χ4n) is 4.37. The highest BCUT2D eigenvalue weighted by atomic mass is 32.2. The Bertz CT molecular complexity index is 1300. The molecule has 1 fully saturated rings. The molecule has 0 atom stereocenters. The molecule has 1 N–H and O–H groups in total. The molecule has 0 radical (unpaired) electrons. The van der Waals surface area contributed by atoms with Crippen LogP contribution in [0.3, 0.4) is 0 Å². The quantitative estimate of drug-likeness (QED) is 0.602. The van der Waals surface area contributed by atoms with Crippen molar-refractivity contribution in [1.29, 1.82) is 0 Å². The average molecular weight is 459 g/mol. The summed E-state index contributed by atoms with van der Waals surface area (Å²) in [6, 6.07) is 6.85. The summed E-state index contributed by atoms with van der Waals surface area (Å²) in [6.07, 6.45) is 6.97. The lowest BCUT2D eigenvalue weighted by Gasteiger charge is -2.36. The van der Waals surface area contributed by atoms with Gasteiger partial charge in [-0.3, -0.25) is 4.79 Å². The van der Waals surface area contributed by atoms with Crippen molar-refractivity contribution in [3.8, 4) is 16.9 Å². The third-order valence-corrected chi connectivity index (χ3v) is 8.38. The molecule has 0 unspecified atom stereocenters. The van der Waals surface area contributed by atoms with E-state index in [0.717, 1.165) is 36.6 Å². The summed E-state index contributed by atoms with van der Waals surface area (Å²) >= 11 is 0. The monoisotopic (exact) mass is 458 g/mol. The molecule has 3 aromatic rings. The van der Waals surface area contributed by atoms with E-state index in [1.165, 1.54) is 4.57 Å². The van der Waals surface area contributed by atoms with Gasteiger partial charge in [0.25, 0.3) is 5.56 Å². The molecule has 0 spiro atoms. The molecular weight excluding hydrogens is 428 g/mol. The van der Waals surface area contributed by atoms with Gasteiger partial charge in [-0.2, -0.15) is 0 Å². The molecule has 32 heavy (non-hydrogen) atoms. The molecule has 0 bridgehead atoms. The van der Waals surface area contributed by atoms with Crippen molar-refractivity contribution in [2.45, 2.75) is 56.1 Å². The van der Waals surface area contributed by atoms with Crippen LogP contribution in [0, 0.1) is 0 Å². The predicted octanol–water partition coefficient (Wildman–Crippen LogP) is 4.05. The van der Waals surface area contributed by atoms with Gasteiger partial charge in [-0.1, -0.05) is 6.92 Å². The molecular formula is C24H30N2O5S. The van der Waals surface area contributed by atoms with Crippen molar-refractivity contribution in [2.75, 3.05) is 12.9 Å². The zero-order valence-corrected chi connectivity index (χ0v) is 19.8. The summed E-state index contributed by atoms with van der Waals surface area (Å²) in [4.78, 5) is 15.8. The van der Waals surface area contributed by atoms with E-state index < -0.39 is 9.84 Å². The number of rotatable bonds is 6. The maximum Gasteiger partial charge on any atom is 0.274 e. The van der Waals surface area contributed by atoms with Gasteiger partial charge in [0, 0.05) is 43.1 Å². The number of aryl methyl sites for hydroxylation is 1. The van der Waals surface area contributed by atoms with Gasteiger partial charge in [0.2, 0.25) is 0 Å². The van der Waals surface area contributed by atoms with Crippen molar-refractivity contribution in [2.24, 2.45) is 7.05 Å². The number of methoxy groups -OCH3 is 1. The fourth-order valence-corrected chi connectivity index (χ4v) is 5.28. The predicted molar refractivity (Wildman–Crippen MR) is 125 cm³/mol. The number of H-pyrrole nitrogens is 1. The van der Waals surface area contributed by atoms with E-state index in [1.54, 1.807) is 51.7 Å². The summed E-state index contributed by atoms with van der Waals surface area (Å²) in [5, 5.41) is 0.736. The van der Waals surface area contributed by atoms with Gasteiger partial charge in [0.15, 0.2) is 9.84 Å². The number of ether oxygens (including phenoxy) is 2. The molecule has 1 aromatic carbocycles. The van der Waals surface area contributed by atoms with Gasteiger partial charge in [-0.15, -0.1) is 0 Å². The molecule has 0 aliphatic heterocycles. The summed E-state index contributed by atoms with van der Waals surface area (Å²) in [5.41, 5.74) is 1.63.